The van der Waals surface area contributed by atoms with Crippen LogP contribution in [0.1, 0.15) is 22.3 Å². The van der Waals surface area contributed by atoms with Gasteiger partial charge < -0.3 is 0 Å². The van der Waals surface area contributed by atoms with Crippen molar-refractivity contribution in [2.45, 2.75) is 5.41 Å². The monoisotopic (exact) mass is 752 g/mol. The second-order valence-corrected chi connectivity index (χ2v) is 16.6. The maximum absolute atomic E-state index is 5.48. The van der Waals surface area contributed by atoms with E-state index in [0.717, 1.165) is 32.9 Å². The topological polar surface area (TPSA) is 25.8 Å². The quantitative estimate of drug-likeness (QED) is 0.168. The fourth-order valence-electron chi connectivity index (χ4n) is 10.4. The van der Waals surface area contributed by atoms with Gasteiger partial charge in [0.1, 0.15) is 4.83 Å². The van der Waals surface area contributed by atoms with Gasteiger partial charge in [0.2, 0.25) is 0 Å². The van der Waals surface area contributed by atoms with Crippen molar-refractivity contribution in [2.24, 2.45) is 0 Å². The van der Waals surface area contributed by atoms with E-state index < -0.39 is 5.41 Å². The molecule has 58 heavy (non-hydrogen) atoms. The van der Waals surface area contributed by atoms with Crippen LogP contribution in [0, 0.1) is 0 Å². The molecule has 0 bridgehead atoms. The summed E-state index contributed by atoms with van der Waals surface area (Å²) in [5.41, 5.74) is 15.5. The molecule has 2 nitrogen and oxygen atoms in total. The average Bonchev–Trinajstić information content (AvgIpc) is 3.93. The molecule has 268 valence electrons. The highest BCUT2D eigenvalue weighted by molar-refractivity contribution is 7.25. The van der Waals surface area contributed by atoms with Gasteiger partial charge >= 0.3 is 0 Å². The van der Waals surface area contributed by atoms with E-state index >= 15 is 0 Å². The summed E-state index contributed by atoms with van der Waals surface area (Å²) in [5.74, 6) is 0.742. The smallest absolute Gasteiger partial charge is 0.161 e. The Hall–Kier alpha value is -7.20. The maximum atomic E-state index is 5.48. The summed E-state index contributed by atoms with van der Waals surface area (Å²) in [6.45, 7) is 0. The lowest BCUT2D eigenvalue weighted by atomic mass is 9.69. The van der Waals surface area contributed by atoms with Gasteiger partial charge in [0, 0.05) is 26.6 Å². The molecule has 0 saturated heterocycles. The molecule has 1 unspecified atom stereocenters. The van der Waals surface area contributed by atoms with Crippen molar-refractivity contribution in [1.82, 2.24) is 9.97 Å². The Kier molecular flexibility index (Phi) is 6.56. The summed E-state index contributed by atoms with van der Waals surface area (Å²) < 4.78 is 1.22. The van der Waals surface area contributed by atoms with Crippen LogP contribution in [-0.2, 0) is 5.41 Å². The predicted molar refractivity (Wildman–Crippen MR) is 243 cm³/mol. The summed E-state index contributed by atoms with van der Waals surface area (Å²) in [6, 6.07) is 71.2. The van der Waals surface area contributed by atoms with E-state index in [2.05, 4.69) is 194 Å². The van der Waals surface area contributed by atoms with E-state index in [0.29, 0.717) is 0 Å². The lowest BCUT2D eigenvalue weighted by Crippen LogP contribution is -2.26. The minimum atomic E-state index is -0.484. The van der Waals surface area contributed by atoms with Gasteiger partial charge in [0.05, 0.1) is 11.1 Å². The first-order valence-electron chi connectivity index (χ1n) is 19.9. The first-order valence-corrected chi connectivity index (χ1v) is 20.7. The van der Waals surface area contributed by atoms with Crippen LogP contribution in [-0.4, -0.2) is 9.97 Å². The Morgan fingerprint density at radius 2 is 0.931 bits per heavy atom. The number of benzene rings is 9. The Balaban J connectivity index is 1.07. The highest BCUT2D eigenvalue weighted by Crippen LogP contribution is 2.65. The highest BCUT2D eigenvalue weighted by atomic mass is 32.1. The normalized spacial score (nSPS) is 15.0. The lowest BCUT2D eigenvalue weighted by Gasteiger charge is -2.31. The second-order valence-electron chi connectivity index (χ2n) is 15.6. The van der Waals surface area contributed by atoms with Crippen molar-refractivity contribution >= 4 is 53.2 Å². The zero-order valence-electron chi connectivity index (χ0n) is 31.3. The molecule has 0 radical (unpaired) electrons. The molecule has 3 heteroatoms. The van der Waals surface area contributed by atoms with Crippen molar-refractivity contribution in [3.63, 3.8) is 0 Å². The summed E-state index contributed by atoms with van der Waals surface area (Å²) in [6.07, 6.45) is 0. The van der Waals surface area contributed by atoms with Crippen LogP contribution in [0.3, 0.4) is 0 Å². The Morgan fingerprint density at radius 3 is 1.72 bits per heavy atom. The Labute approximate surface area is 339 Å². The first-order chi connectivity index (χ1) is 28.8. The van der Waals surface area contributed by atoms with E-state index in [1.807, 2.05) is 0 Å². The van der Waals surface area contributed by atoms with Crippen LogP contribution in [0.5, 0.6) is 0 Å². The van der Waals surface area contributed by atoms with Gasteiger partial charge in [-0.15, -0.1) is 11.3 Å². The second kappa shape index (κ2) is 11.9. The van der Waals surface area contributed by atoms with Crippen LogP contribution < -0.4 is 0 Å². The van der Waals surface area contributed by atoms with Crippen molar-refractivity contribution in [3.8, 4) is 56.0 Å². The van der Waals surface area contributed by atoms with Crippen LogP contribution in [0.15, 0.2) is 194 Å². The van der Waals surface area contributed by atoms with Gasteiger partial charge in [0.15, 0.2) is 5.82 Å². The number of rotatable bonds is 3. The number of hydrogen-bond acceptors (Lipinski definition) is 3. The maximum Gasteiger partial charge on any atom is 0.161 e. The molecule has 0 aliphatic heterocycles. The zero-order chi connectivity index (χ0) is 38.0. The Bertz CT molecular complexity index is 3510. The van der Waals surface area contributed by atoms with Gasteiger partial charge in [-0.05, 0) is 89.3 Å². The lowest BCUT2D eigenvalue weighted by molar-refractivity contribution is 0.802. The molecule has 13 rings (SSSR count). The molecule has 0 amide bonds. The molecule has 1 atom stereocenters. The largest absolute Gasteiger partial charge is 0.227 e. The molecule has 2 heterocycles. The van der Waals surface area contributed by atoms with Crippen LogP contribution in [0.25, 0.3) is 97.9 Å². The van der Waals surface area contributed by atoms with E-state index in [-0.39, 0.29) is 0 Å². The predicted octanol–water partition coefficient (Wildman–Crippen LogP) is 14.5. The number of thiophene rings is 1. The zero-order valence-corrected chi connectivity index (χ0v) is 32.1. The third kappa shape index (κ3) is 4.21. The standard InChI is InChI=1S/C55H32N2S/c1-2-14-33(15-3-1)34-26-28-35(29-27-34)52-50-43-22-10-13-25-48(43)58-54(50)57-53(56-52)36-30-31-47-44(32-36)39-18-8-11-23-45(39)55(47)46-24-12-9-21-42(46)49-40-19-6-4-16-37(40)38-17-5-7-20-41(38)51(49)55/h1-32H. The molecule has 0 saturated carbocycles. The molecule has 0 fully saturated rings. The molecule has 0 N–H and O–H groups in total. The molecule has 1 spiro atoms. The molecule has 2 aromatic heterocycles. The van der Waals surface area contributed by atoms with Crippen LogP contribution in [0.2, 0.25) is 0 Å². The van der Waals surface area contributed by atoms with Gasteiger partial charge in [-0.3, -0.25) is 0 Å². The fraction of sp³-hybridized carbons (Fsp3) is 0.0182. The van der Waals surface area contributed by atoms with E-state index in [9.17, 15) is 0 Å². The van der Waals surface area contributed by atoms with Crippen LogP contribution in [0.4, 0.5) is 0 Å². The van der Waals surface area contributed by atoms with Gasteiger partial charge in [-0.1, -0.05) is 182 Å². The molecular formula is C55H32N2S. The molecule has 9 aromatic carbocycles. The molecule has 2 aliphatic rings. The number of aromatic nitrogens is 2. The minimum absolute atomic E-state index is 0.484. The SMILES string of the molecule is c1ccc(-c2ccc(-c3nc(-c4ccc5c(c4)-c4ccccc4C54c5ccccc5-c5c4c4ccccc4c4ccccc54)nc4sc5ccccc5c34)cc2)cc1. The third-order valence-electron chi connectivity index (χ3n) is 12.7. The van der Waals surface area contributed by atoms with E-state index in [1.165, 1.54) is 87.3 Å². The number of nitrogens with zero attached hydrogens (tertiary/aromatic N) is 2. The van der Waals surface area contributed by atoms with Crippen molar-refractivity contribution < 1.29 is 0 Å². The minimum Gasteiger partial charge on any atom is -0.227 e. The molecular weight excluding hydrogens is 721 g/mol. The van der Waals surface area contributed by atoms with Crippen molar-refractivity contribution in [2.75, 3.05) is 0 Å². The van der Waals surface area contributed by atoms with E-state index in [1.54, 1.807) is 11.3 Å². The summed E-state index contributed by atoms with van der Waals surface area (Å²) in [4.78, 5) is 11.8. The van der Waals surface area contributed by atoms with E-state index in [4.69, 9.17) is 9.97 Å². The molecule has 11 aromatic rings. The third-order valence-corrected chi connectivity index (χ3v) is 13.8. The first kappa shape index (κ1) is 31.9. The summed E-state index contributed by atoms with van der Waals surface area (Å²) in [7, 11) is 0. The molecule has 2 aliphatic carbocycles. The Morgan fingerprint density at radius 1 is 0.379 bits per heavy atom. The average molecular weight is 753 g/mol. The van der Waals surface area contributed by atoms with Crippen molar-refractivity contribution in [3.05, 3.63) is 216 Å². The van der Waals surface area contributed by atoms with Gasteiger partial charge in [0.25, 0.3) is 0 Å². The highest BCUT2D eigenvalue weighted by Gasteiger charge is 2.53. The summed E-state index contributed by atoms with van der Waals surface area (Å²) >= 11 is 1.74. The number of fused-ring (bicyclic) bond motifs is 18. The fourth-order valence-corrected chi connectivity index (χ4v) is 11.4. The van der Waals surface area contributed by atoms with Gasteiger partial charge in [-0.25, -0.2) is 9.97 Å². The van der Waals surface area contributed by atoms with Gasteiger partial charge in [-0.2, -0.15) is 0 Å². The summed E-state index contributed by atoms with van der Waals surface area (Å²) in [5, 5.41) is 7.50. The number of hydrogen-bond donors (Lipinski definition) is 0. The van der Waals surface area contributed by atoms with Crippen LogP contribution >= 0.6 is 11.3 Å². The van der Waals surface area contributed by atoms with Crippen molar-refractivity contribution in [1.29, 1.82) is 0 Å².